The smallest absolute Gasteiger partial charge is 0.252 e. The zero-order valence-corrected chi connectivity index (χ0v) is 24.6. The maximum atomic E-state index is 13.5. The summed E-state index contributed by atoms with van der Waals surface area (Å²) in [7, 11) is -3.60. The number of nitrogens with zero attached hydrogens (tertiary/aromatic N) is 5. The molecule has 0 unspecified atom stereocenters. The number of aryl methyl sites for hydroxylation is 3. The minimum Gasteiger partial charge on any atom is -0.340 e. The van der Waals surface area contributed by atoms with E-state index in [2.05, 4.69) is 45.1 Å². The summed E-state index contributed by atoms with van der Waals surface area (Å²) in [6.45, 7) is 12.9. The molecule has 2 fully saturated rings. The highest BCUT2D eigenvalue weighted by Gasteiger charge is 2.31. The van der Waals surface area contributed by atoms with Gasteiger partial charge in [-0.25, -0.2) is 13.4 Å². The summed E-state index contributed by atoms with van der Waals surface area (Å²) >= 11 is 0. The lowest BCUT2D eigenvalue weighted by Gasteiger charge is -2.35. The van der Waals surface area contributed by atoms with E-state index in [-0.39, 0.29) is 5.56 Å². The molecular formula is C30H40N6O3S. The van der Waals surface area contributed by atoms with Crippen LogP contribution in [0, 0.1) is 20.8 Å². The van der Waals surface area contributed by atoms with Crippen molar-refractivity contribution in [3.63, 3.8) is 0 Å². The number of aromatic amines is 1. The molecule has 214 valence electrons. The number of nitrogens with one attached hydrogen (secondary N) is 1. The Balaban J connectivity index is 1.17. The van der Waals surface area contributed by atoms with Gasteiger partial charge in [0, 0.05) is 71.5 Å². The Morgan fingerprint density at radius 2 is 1.45 bits per heavy atom. The number of anilines is 1. The summed E-state index contributed by atoms with van der Waals surface area (Å²) in [6.07, 6.45) is 1.05. The maximum absolute atomic E-state index is 13.5. The first-order valence-corrected chi connectivity index (χ1v) is 15.5. The Morgan fingerprint density at radius 1 is 0.825 bits per heavy atom. The number of rotatable bonds is 8. The van der Waals surface area contributed by atoms with E-state index in [0.29, 0.717) is 43.6 Å². The summed E-state index contributed by atoms with van der Waals surface area (Å²) in [5, 5.41) is 0. The van der Waals surface area contributed by atoms with Crippen LogP contribution in [0.4, 0.5) is 5.95 Å². The Hall–Kier alpha value is -3.05. The Labute approximate surface area is 237 Å². The first kappa shape index (κ1) is 28.5. The van der Waals surface area contributed by atoms with Gasteiger partial charge in [-0.05, 0) is 43.9 Å². The molecule has 2 aliphatic heterocycles. The fraction of sp³-hybridized carbons (Fsp3) is 0.467. The fourth-order valence-corrected chi connectivity index (χ4v) is 7.73. The number of benzene rings is 2. The second kappa shape index (κ2) is 12.2. The molecule has 0 spiro atoms. The van der Waals surface area contributed by atoms with Crippen molar-refractivity contribution in [1.82, 2.24) is 24.1 Å². The second-order valence-corrected chi connectivity index (χ2v) is 12.9. The molecule has 1 N–H and O–H groups in total. The summed E-state index contributed by atoms with van der Waals surface area (Å²) in [5.74, 6) is 0.517. The lowest BCUT2D eigenvalue weighted by Crippen LogP contribution is -2.49. The number of hydrogen-bond donors (Lipinski definition) is 1. The lowest BCUT2D eigenvalue weighted by atomic mass is 10.1. The van der Waals surface area contributed by atoms with Crippen molar-refractivity contribution in [2.75, 3.05) is 63.8 Å². The van der Waals surface area contributed by atoms with Gasteiger partial charge in [0.05, 0.1) is 10.6 Å². The molecule has 5 rings (SSSR count). The van der Waals surface area contributed by atoms with Crippen molar-refractivity contribution in [1.29, 1.82) is 0 Å². The van der Waals surface area contributed by atoms with E-state index in [4.69, 9.17) is 4.98 Å². The van der Waals surface area contributed by atoms with Crippen molar-refractivity contribution >= 4 is 16.0 Å². The Morgan fingerprint density at radius 3 is 2.10 bits per heavy atom. The van der Waals surface area contributed by atoms with Crippen LogP contribution in [0.25, 0.3) is 0 Å². The molecule has 40 heavy (non-hydrogen) atoms. The highest BCUT2D eigenvalue weighted by molar-refractivity contribution is 7.89. The van der Waals surface area contributed by atoms with Crippen LogP contribution in [-0.4, -0.2) is 91.4 Å². The first-order chi connectivity index (χ1) is 19.2. The third kappa shape index (κ3) is 6.63. The summed E-state index contributed by atoms with van der Waals surface area (Å²) in [5.41, 5.74) is 4.54. The number of piperazine rings is 2. The summed E-state index contributed by atoms with van der Waals surface area (Å²) in [4.78, 5) is 27.4. The molecule has 0 saturated carbocycles. The van der Waals surface area contributed by atoms with E-state index < -0.39 is 10.0 Å². The third-order valence-corrected chi connectivity index (χ3v) is 10.1. The van der Waals surface area contributed by atoms with Crippen molar-refractivity contribution in [2.24, 2.45) is 0 Å². The maximum Gasteiger partial charge on any atom is 0.252 e. The van der Waals surface area contributed by atoms with Gasteiger partial charge < -0.3 is 9.80 Å². The zero-order chi connectivity index (χ0) is 28.3. The van der Waals surface area contributed by atoms with Crippen LogP contribution < -0.4 is 10.5 Å². The van der Waals surface area contributed by atoms with Crippen LogP contribution in [0.15, 0.2) is 58.2 Å². The van der Waals surface area contributed by atoms with Gasteiger partial charge in [-0.1, -0.05) is 48.0 Å². The van der Waals surface area contributed by atoms with Crippen molar-refractivity contribution in [3.8, 4) is 0 Å². The Bertz CT molecular complexity index is 1450. The second-order valence-electron chi connectivity index (χ2n) is 11.0. The molecule has 10 heteroatoms. The molecule has 2 aliphatic rings. The lowest BCUT2D eigenvalue weighted by molar-refractivity contribution is 0.127. The highest BCUT2D eigenvalue weighted by atomic mass is 32.2. The van der Waals surface area contributed by atoms with Gasteiger partial charge >= 0.3 is 0 Å². The van der Waals surface area contributed by atoms with Crippen molar-refractivity contribution < 1.29 is 8.42 Å². The van der Waals surface area contributed by atoms with E-state index >= 15 is 0 Å². The van der Waals surface area contributed by atoms with Gasteiger partial charge in [0.2, 0.25) is 16.0 Å². The molecule has 0 bridgehead atoms. The van der Waals surface area contributed by atoms with Crippen LogP contribution in [-0.2, 0) is 23.0 Å². The van der Waals surface area contributed by atoms with Crippen LogP contribution >= 0.6 is 0 Å². The standard InChI is InChI=1S/C30H40N6O3S/c1-23-19-24(2)29(25(3)20-23)40(38,39)36-17-15-35(16-18-36)30-31-27(21-28(37)32-30)22-34-13-11-33(12-14-34)10-9-26-7-5-4-6-8-26/h4-8,19-21H,9-18,22H2,1-3H3,(H,31,32,37). The summed E-state index contributed by atoms with van der Waals surface area (Å²) < 4.78 is 28.5. The minimum absolute atomic E-state index is 0.178. The van der Waals surface area contributed by atoms with Gasteiger partial charge in [-0.3, -0.25) is 14.7 Å². The largest absolute Gasteiger partial charge is 0.340 e. The molecule has 9 nitrogen and oxygen atoms in total. The highest BCUT2D eigenvalue weighted by Crippen LogP contribution is 2.26. The minimum atomic E-state index is -3.60. The van der Waals surface area contributed by atoms with Crippen LogP contribution in [0.3, 0.4) is 0 Å². The van der Waals surface area contributed by atoms with E-state index in [1.807, 2.05) is 37.8 Å². The molecular weight excluding hydrogens is 524 g/mol. The Kier molecular flexibility index (Phi) is 8.70. The number of sulfonamides is 1. The predicted octanol–water partition coefficient (Wildman–Crippen LogP) is 2.57. The van der Waals surface area contributed by atoms with E-state index in [9.17, 15) is 13.2 Å². The van der Waals surface area contributed by atoms with E-state index in [1.54, 1.807) is 10.4 Å². The number of aromatic nitrogens is 2. The molecule has 0 radical (unpaired) electrons. The van der Waals surface area contributed by atoms with Gasteiger partial charge in [0.15, 0.2) is 0 Å². The average molecular weight is 565 g/mol. The van der Waals surface area contributed by atoms with Crippen molar-refractivity contribution in [3.05, 3.63) is 86.8 Å². The van der Waals surface area contributed by atoms with Crippen LogP contribution in [0.5, 0.6) is 0 Å². The van der Waals surface area contributed by atoms with Gasteiger partial charge in [-0.2, -0.15) is 4.31 Å². The molecule has 2 aromatic carbocycles. The van der Waals surface area contributed by atoms with Gasteiger partial charge in [0.25, 0.3) is 5.56 Å². The van der Waals surface area contributed by atoms with Crippen molar-refractivity contribution in [2.45, 2.75) is 38.6 Å². The average Bonchev–Trinajstić information content (AvgIpc) is 2.92. The third-order valence-electron chi connectivity index (χ3n) is 7.93. The molecule has 1 aromatic heterocycles. The topological polar surface area (TPSA) is 92.8 Å². The molecule has 0 atom stereocenters. The molecule has 3 aromatic rings. The molecule has 0 aliphatic carbocycles. The van der Waals surface area contributed by atoms with E-state index in [0.717, 1.165) is 61.5 Å². The SMILES string of the molecule is Cc1cc(C)c(S(=O)(=O)N2CCN(c3nc(CN4CCN(CCc5ccccc5)CC4)cc(=O)[nH]3)CC2)c(C)c1. The van der Waals surface area contributed by atoms with Gasteiger partial charge in [0.1, 0.15) is 0 Å². The normalized spacial score (nSPS) is 17.8. The van der Waals surface area contributed by atoms with Crippen LogP contribution in [0.1, 0.15) is 27.9 Å². The van der Waals surface area contributed by atoms with Gasteiger partial charge in [-0.15, -0.1) is 0 Å². The summed E-state index contributed by atoms with van der Waals surface area (Å²) in [6, 6.07) is 16.0. The molecule has 3 heterocycles. The fourth-order valence-electron chi connectivity index (χ4n) is 5.90. The zero-order valence-electron chi connectivity index (χ0n) is 23.8. The van der Waals surface area contributed by atoms with E-state index in [1.165, 1.54) is 5.56 Å². The van der Waals surface area contributed by atoms with Crippen LogP contribution in [0.2, 0.25) is 0 Å². The number of H-pyrrole nitrogens is 1. The molecule has 0 amide bonds. The monoisotopic (exact) mass is 564 g/mol. The number of hydrogen-bond acceptors (Lipinski definition) is 7. The molecule has 2 saturated heterocycles. The first-order valence-electron chi connectivity index (χ1n) is 14.1. The predicted molar refractivity (Wildman–Crippen MR) is 158 cm³/mol. The quantitative estimate of drug-likeness (QED) is 0.450.